The molecule has 6 N–H and O–H groups in total. The van der Waals surface area contributed by atoms with Crippen molar-refractivity contribution in [1.29, 1.82) is 0 Å². The summed E-state index contributed by atoms with van der Waals surface area (Å²) in [6, 6.07) is 0. The first-order valence-electron chi connectivity index (χ1n) is 3.48. The van der Waals surface area contributed by atoms with Gasteiger partial charge in [0.05, 0.1) is 13.2 Å². The molecule has 0 aliphatic rings. The average Bonchev–Trinajstić information content (AvgIpc) is 2.12. The van der Waals surface area contributed by atoms with E-state index in [1.165, 1.54) is 0 Å². The molecule has 0 fully saturated rings. The fourth-order valence-electron chi connectivity index (χ4n) is 0.671. The molecule has 6 nitrogen and oxygen atoms in total. The van der Waals surface area contributed by atoms with Crippen LogP contribution in [0.4, 0.5) is 0 Å². The summed E-state index contributed by atoms with van der Waals surface area (Å²) in [6.07, 6.45) is -6.39. The molecule has 1 unspecified atom stereocenters. The van der Waals surface area contributed by atoms with E-state index in [0.29, 0.717) is 0 Å². The third-order valence-corrected chi connectivity index (χ3v) is 1.51. The Morgan fingerprint density at radius 1 is 0.667 bits per heavy atom. The lowest BCUT2D eigenvalue weighted by molar-refractivity contribution is -0.123. The Morgan fingerprint density at radius 3 is 1.08 bits per heavy atom. The Labute approximate surface area is 69.3 Å². The highest BCUT2D eigenvalue weighted by molar-refractivity contribution is 4.79. The molecule has 0 aliphatic heterocycles. The summed E-state index contributed by atoms with van der Waals surface area (Å²) in [4.78, 5) is 0. The molecule has 0 rings (SSSR count). The van der Waals surface area contributed by atoms with Gasteiger partial charge < -0.3 is 30.6 Å². The van der Waals surface area contributed by atoms with Gasteiger partial charge in [0, 0.05) is 0 Å². The van der Waals surface area contributed by atoms with Gasteiger partial charge >= 0.3 is 0 Å². The molecule has 0 aliphatic carbocycles. The lowest BCUT2D eigenvalue weighted by Crippen LogP contribution is -2.46. The van der Waals surface area contributed by atoms with Crippen LogP contribution in [-0.2, 0) is 0 Å². The Bertz CT molecular complexity index is 105. The second-order valence-electron chi connectivity index (χ2n) is 2.48. The van der Waals surface area contributed by atoms with Gasteiger partial charge in [-0.2, -0.15) is 0 Å². The van der Waals surface area contributed by atoms with Crippen LogP contribution < -0.4 is 0 Å². The molecular formula is C6H14O6. The van der Waals surface area contributed by atoms with Gasteiger partial charge in [0.25, 0.3) is 0 Å². The largest absolute Gasteiger partial charge is 0.394 e. The van der Waals surface area contributed by atoms with Gasteiger partial charge in [-0.1, -0.05) is 0 Å². The summed E-state index contributed by atoms with van der Waals surface area (Å²) in [5.41, 5.74) is 0. The van der Waals surface area contributed by atoms with Crippen LogP contribution in [0.25, 0.3) is 0 Å². The predicted octanol–water partition coefficient (Wildman–Crippen LogP) is -3.59. The highest BCUT2D eigenvalue weighted by atomic mass is 16.5. The molecule has 6 heteroatoms. The van der Waals surface area contributed by atoms with E-state index in [0.717, 1.165) is 0 Å². The second-order valence-corrected chi connectivity index (χ2v) is 2.48. The summed E-state index contributed by atoms with van der Waals surface area (Å²) in [6.45, 7) is -1.45. The van der Waals surface area contributed by atoms with Gasteiger partial charge in [-0.25, -0.2) is 0 Å². The fraction of sp³-hybridized carbons (Fsp3) is 1.00. The number of aliphatic hydroxyl groups excluding tert-OH is 6. The first kappa shape index (κ1) is 11.8. The van der Waals surface area contributed by atoms with Crippen LogP contribution in [-0.4, -0.2) is 68.3 Å². The van der Waals surface area contributed by atoms with Crippen LogP contribution in [0.5, 0.6) is 0 Å². The summed E-state index contributed by atoms with van der Waals surface area (Å²) < 4.78 is 0. The smallest absolute Gasteiger partial charge is 0.111 e. The lowest BCUT2D eigenvalue weighted by atomic mass is 10.3. The molecule has 0 bridgehead atoms. The second kappa shape index (κ2) is 5.41. The maximum absolute atomic E-state index is 8.96. The maximum atomic E-state index is 8.96. The number of hydrogen-bond donors (Lipinski definition) is 6. The normalized spacial score (nSPS) is 21.5. The Balaban J connectivity index is 3.99. The molecule has 0 saturated carbocycles. The van der Waals surface area contributed by atoms with Crippen LogP contribution in [0, 0.1) is 0 Å². The van der Waals surface area contributed by atoms with E-state index < -0.39 is 37.6 Å². The minimum absolute atomic E-state index is 0.726. The number of rotatable bonds is 5. The molecule has 0 aromatic heterocycles. The van der Waals surface area contributed by atoms with E-state index in [2.05, 4.69) is 0 Å². The molecular weight excluding hydrogens is 171 g/mol. The minimum atomic E-state index is -1.67. The van der Waals surface area contributed by atoms with E-state index >= 15 is 0 Å². The molecule has 0 saturated heterocycles. The van der Waals surface area contributed by atoms with Crippen molar-refractivity contribution in [2.45, 2.75) is 24.4 Å². The van der Waals surface area contributed by atoms with Crippen LogP contribution in [0.15, 0.2) is 0 Å². The average molecular weight is 185 g/mol. The predicted molar refractivity (Wildman–Crippen MR) is 38.2 cm³/mol. The van der Waals surface area contributed by atoms with Gasteiger partial charge in [-0.3, -0.25) is 0 Å². The van der Waals surface area contributed by atoms with Crippen molar-refractivity contribution >= 4 is 0 Å². The molecule has 0 radical (unpaired) electrons. The molecule has 74 valence electrons. The highest BCUT2D eigenvalue weighted by Gasteiger charge is 2.29. The van der Waals surface area contributed by atoms with Gasteiger partial charge in [0.1, 0.15) is 24.4 Å². The third kappa shape index (κ3) is 3.02. The Morgan fingerprint density at radius 2 is 0.917 bits per heavy atom. The van der Waals surface area contributed by atoms with Gasteiger partial charge in [-0.15, -0.1) is 0 Å². The van der Waals surface area contributed by atoms with E-state index in [-0.39, 0.29) is 0 Å². The van der Waals surface area contributed by atoms with Crippen LogP contribution >= 0.6 is 0 Å². The molecule has 12 heavy (non-hydrogen) atoms. The lowest BCUT2D eigenvalue weighted by Gasteiger charge is -2.24. The van der Waals surface area contributed by atoms with Crippen molar-refractivity contribution in [1.82, 2.24) is 0 Å². The fourth-order valence-corrected chi connectivity index (χ4v) is 0.671. The Hall–Kier alpha value is -0.240. The zero-order valence-electron chi connectivity index (χ0n) is 6.41. The van der Waals surface area contributed by atoms with Crippen LogP contribution in [0.1, 0.15) is 0 Å². The summed E-state index contributed by atoms with van der Waals surface area (Å²) >= 11 is 0. The first-order chi connectivity index (χ1) is 5.54. The summed E-state index contributed by atoms with van der Waals surface area (Å²) in [7, 11) is 0. The minimum Gasteiger partial charge on any atom is -0.394 e. The van der Waals surface area contributed by atoms with Crippen molar-refractivity contribution in [3.05, 3.63) is 0 Å². The Kier molecular flexibility index (Phi) is 5.31. The molecule has 0 amide bonds. The van der Waals surface area contributed by atoms with Gasteiger partial charge in [0.2, 0.25) is 0 Å². The van der Waals surface area contributed by atoms with E-state index in [4.69, 9.17) is 30.6 Å². The number of aliphatic hydroxyl groups is 6. The number of hydrogen-bond acceptors (Lipinski definition) is 6. The van der Waals surface area contributed by atoms with Crippen molar-refractivity contribution in [3.63, 3.8) is 0 Å². The molecule has 4 atom stereocenters. The SMILES string of the molecule is OC[C@H](O)[C@@H](O)[13C@H](O)[13CH](O)[13CH2]O. The topological polar surface area (TPSA) is 121 Å². The van der Waals surface area contributed by atoms with Crippen molar-refractivity contribution < 1.29 is 30.6 Å². The summed E-state index contributed by atoms with van der Waals surface area (Å²) in [5, 5.41) is 52.2. The standard InChI is InChI=1S/C6H14O6/c7-1-3(9)5(11)6(12)4(10)2-8/h3-12H,1-2H2/t3-,4?,5+,6+/m0/s1/i1+1,3+1,5+1/t3?,4-,5+,6+. The van der Waals surface area contributed by atoms with Crippen molar-refractivity contribution in [3.8, 4) is 0 Å². The molecule has 0 aromatic carbocycles. The highest BCUT2D eigenvalue weighted by Crippen LogP contribution is 2.03. The summed E-state index contributed by atoms with van der Waals surface area (Å²) in [5.74, 6) is 0. The maximum Gasteiger partial charge on any atom is 0.111 e. The first-order valence-corrected chi connectivity index (χ1v) is 3.48. The molecule has 0 aromatic rings. The van der Waals surface area contributed by atoms with Gasteiger partial charge in [-0.05, 0) is 0 Å². The van der Waals surface area contributed by atoms with Crippen molar-refractivity contribution in [2.75, 3.05) is 13.2 Å². The van der Waals surface area contributed by atoms with E-state index in [9.17, 15) is 0 Å². The quantitative estimate of drug-likeness (QED) is 0.246. The van der Waals surface area contributed by atoms with Gasteiger partial charge in [0.15, 0.2) is 0 Å². The monoisotopic (exact) mass is 185 g/mol. The molecule has 0 spiro atoms. The zero-order valence-corrected chi connectivity index (χ0v) is 6.41. The van der Waals surface area contributed by atoms with Crippen LogP contribution in [0.3, 0.4) is 0 Å². The molecule has 0 heterocycles. The van der Waals surface area contributed by atoms with E-state index in [1.54, 1.807) is 0 Å². The third-order valence-electron chi connectivity index (χ3n) is 1.51. The zero-order chi connectivity index (χ0) is 9.72. The van der Waals surface area contributed by atoms with E-state index in [1.807, 2.05) is 0 Å². The van der Waals surface area contributed by atoms with Crippen LogP contribution in [0.2, 0.25) is 0 Å². The van der Waals surface area contributed by atoms with Crippen molar-refractivity contribution in [2.24, 2.45) is 0 Å².